The zero-order chi connectivity index (χ0) is 23.5. The second kappa shape index (κ2) is 9.97. The van der Waals surface area contributed by atoms with Gasteiger partial charge in [-0.1, -0.05) is 90.3 Å². The molecule has 0 atom stereocenters. The lowest BCUT2D eigenvalue weighted by molar-refractivity contribution is -0.122. The number of amides is 1. The number of hydrogen-bond acceptors (Lipinski definition) is 6. The minimum absolute atomic E-state index is 0.181. The molecule has 1 aliphatic heterocycles. The molecule has 1 aliphatic rings. The maximum absolute atomic E-state index is 13.4. The third kappa shape index (κ3) is 4.70. The van der Waals surface area contributed by atoms with Crippen molar-refractivity contribution < 1.29 is 4.79 Å². The van der Waals surface area contributed by atoms with Gasteiger partial charge in [0.25, 0.3) is 11.5 Å². The molecule has 0 N–H and O–H groups in total. The van der Waals surface area contributed by atoms with Crippen LogP contribution < -0.4 is 5.56 Å². The zero-order valence-corrected chi connectivity index (χ0v) is 20.4. The van der Waals surface area contributed by atoms with Crippen LogP contribution in [0.3, 0.4) is 0 Å². The van der Waals surface area contributed by atoms with E-state index in [1.165, 1.54) is 27.9 Å². The van der Waals surface area contributed by atoms with Gasteiger partial charge in [0.2, 0.25) is 0 Å². The molecule has 2 aromatic carbocycles. The van der Waals surface area contributed by atoms with Gasteiger partial charge in [0, 0.05) is 17.6 Å². The number of carbonyl (C=O) groups excluding carboxylic acids is 1. The van der Waals surface area contributed by atoms with Gasteiger partial charge in [0.05, 0.1) is 10.5 Å². The van der Waals surface area contributed by atoms with E-state index >= 15 is 0 Å². The predicted molar refractivity (Wildman–Crippen MR) is 142 cm³/mol. The standard InChI is InChI=1S/C26H19N3O2S3/c30-24-20(17-21-25(31)29(26(32)34-21)16-14-18-9-3-1-4-10-18)23(33-19-11-5-2-6-12-19)27-22-13-7-8-15-28(22)24/h1-13,15,17H,14,16H2. The smallest absolute Gasteiger partial charge is 0.266 e. The van der Waals surface area contributed by atoms with E-state index in [4.69, 9.17) is 17.2 Å². The van der Waals surface area contributed by atoms with Crippen molar-refractivity contribution in [3.05, 3.63) is 111 Å². The van der Waals surface area contributed by atoms with Gasteiger partial charge >= 0.3 is 0 Å². The third-order valence-electron chi connectivity index (χ3n) is 5.31. The number of thioether (sulfide) groups is 1. The fourth-order valence-corrected chi connectivity index (χ4v) is 5.80. The number of pyridine rings is 1. The summed E-state index contributed by atoms with van der Waals surface area (Å²) in [6.45, 7) is 0.493. The summed E-state index contributed by atoms with van der Waals surface area (Å²) in [6, 6.07) is 25.1. The second-order valence-electron chi connectivity index (χ2n) is 7.55. The van der Waals surface area contributed by atoms with Crippen LogP contribution in [0, 0.1) is 0 Å². The van der Waals surface area contributed by atoms with Crippen LogP contribution in [0.5, 0.6) is 0 Å². The van der Waals surface area contributed by atoms with E-state index in [1.807, 2.05) is 66.7 Å². The van der Waals surface area contributed by atoms with Crippen LogP contribution in [0.25, 0.3) is 11.7 Å². The molecule has 4 aromatic rings. The highest BCUT2D eigenvalue weighted by atomic mass is 32.2. The Morgan fingerprint density at radius 2 is 1.65 bits per heavy atom. The SMILES string of the molecule is O=C1C(=Cc2c(Sc3ccccc3)nc3ccccn3c2=O)SC(=S)N1CCc1ccccc1. The van der Waals surface area contributed by atoms with E-state index in [2.05, 4.69) is 0 Å². The van der Waals surface area contributed by atoms with Gasteiger partial charge in [0.15, 0.2) is 0 Å². The number of fused-ring (bicyclic) bond motifs is 1. The zero-order valence-electron chi connectivity index (χ0n) is 18.0. The van der Waals surface area contributed by atoms with Crippen LogP contribution in [-0.4, -0.2) is 31.1 Å². The Balaban J connectivity index is 1.50. The molecule has 168 valence electrons. The first kappa shape index (κ1) is 22.6. The van der Waals surface area contributed by atoms with Crippen LogP contribution in [0.1, 0.15) is 11.1 Å². The lowest BCUT2D eigenvalue weighted by Crippen LogP contribution is -2.30. The second-order valence-corrected chi connectivity index (χ2v) is 10.3. The van der Waals surface area contributed by atoms with Gasteiger partial charge in [-0.3, -0.25) is 18.9 Å². The Morgan fingerprint density at radius 1 is 0.941 bits per heavy atom. The first-order valence-corrected chi connectivity index (χ1v) is 12.7. The number of hydrogen-bond donors (Lipinski definition) is 0. The van der Waals surface area contributed by atoms with Crippen molar-refractivity contribution in [2.75, 3.05) is 6.54 Å². The molecule has 5 rings (SSSR count). The van der Waals surface area contributed by atoms with E-state index in [-0.39, 0.29) is 11.5 Å². The average molecular weight is 502 g/mol. The van der Waals surface area contributed by atoms with Crippen molar-refractivity contribution in [1.82, 2.24) is 14.3 Å². The minimum Gasteiger partial charge on any atom is -0.293 e. The molecule has 3 heterocycles. The Morgan fingerprint density at radius 3 is 2.41 bits per heavy atom. The highest BCUT2D eigenvalue weighted by Crippen LogP contribution is 2.35. The lowest BCUT2D eigenvalue weighted by atomic mass is 10.1. The van der Waals surface area contributed by atoms with Crippen LogP contribution in [-0.2, 0) is 11.2 Å². The van der Waals surface area contributed by atoms with Crippen LogP contribution in [0.4, 0.5) is 0 Å². The molecule has 0 aliphatic carbocycles. The summed E-state index contributed by atoms with van der Waals surface area (Å²) in [5, 5.41) is 0.553. The number of nitrogens with zero attached hydrogens (tertiary/aromatic N) is 3. The topological polar surface area (TPSA) is 54.7 Å². The van der Waals surface area contributed by atoms with E-state index in [9.17, 15) is 9.59 Å². The average Bonchev–Trinajstić information content (AvgIpc) is 3.13. The highest BCUT2D eigenvalue weighted by molar-refractivity contribution is 8.26. The van der Waals surface area contributed by atoms with Gasteiger partial charge in [-0.2, -0.15) is 0 Å². The molecule has 5 nitrogen and oxygen atoms in total. The Labute approximate surface area is 210 Å². The minimum atomic E-state index is -0.224. The monoisotopic (exact) mass is 501 g/mol. The van der Waals surface area contributed by atoms with E-state index in [1.54, 1.807) is 29.3 Å². The summed E-state index contributed by atoms with van der Waals surface area (Å²) >= 11 is 8.12. The fraction of sp³-hybridized carbons (Fsp3) is 0.0769. The molecule has 0 spiro atoms. The van der Waals surface area contributed by atoms with Crippen molar-refractivity contribution >= 4 is 57.7 Å². The summed E-state index contributed by atoms with van der Waals surface area (Å²) in [5.74, 6) is -0.181. The van der Waals surface area contributed by atoms with Crippen molar-refractivity contribution in [3.63, 3.8) is 0 Å². The number of thiocarbonyl (C=S) groups is 1. The number of carbonyl (C=O) groups is 1. The van der Waals surface area contributed by atoms with E-state index in [0.717, 1.165) is 10.5 Å². The van der Waals surface area contributed by atoms with Gasteiger partial charge in [0.1, 0.15) is 15.0 Å². The first-order chi connectivity index (χ1) is 16.6. The maximum Gasteiger partial charge on any atom is 0.266 e. The molecule has 0 saturated carbocycles. The van der Waals surface area contributed by atoms with Gasteiger partial charge in [-0.25, -0.2) is 4.98 Å². The number of benzene rings is 2. The first-order valence-electron chi connectivity index (χ1n) is 10.6. The quantitative estimate of drug-likeness (QED) is 0.203. The highest BCUT2D eigenvalue weighted by Gasteiger charge is 2.32. The molecule has 8 heteroatoms. The summed E-state index contributed by atoms with van der Waals surface area (Å²) < 4.78 is 2.00. The number of rotatable bonds is 6. The molecule has 1 amide bonds. The molecule has 0 bridgehead atoms. The molecule has 34 heavy (non-hydrogen) atoms. The molecular weight excluding hydrogens is 483 g/mol. The van der Waals surface area contributed by atoms with E-state index < -0.39 is 0 Å². The van der Waals surface area contributed by atoms with Crippen molar-refractivity contribution in [3.8, 4) is 0 Å². The van der Waals surface area contributed by atoms with Gasteiger partial charge < -0.3 is 0 Å². The largest absolute Gasteiger partial charge is 0.293 e. The van der Waals surface area contributed by atoms with Gasteiger partial charge in [-0.05, 0) is 42.3 Å². The Kier molecular flexibility index (Phi) is 6.62. The summed E-state index contributed by atoms with van der Waals surface area (Å²) in [7, 11) is 0. The Hall–Kier alpha value is -3.20. The maximum atomic E-state index is 13.4. The van der Waals surface area contributed by atoms with Crippen LogP contribution in [0.15, 0.2) is 105 Å². The molecule has 0 radical (unpaired) electrons. The van der Waals surface area contributed by atoms with Crippen molar-refractivity contribution in [1.29, 1.82) is 0 Å². The normalized spacial score (nSPS) is 14.9. The molecular formula is C26H19N3O2S3. The van der Waals surface area contributed by atoms with Crippen LogP contribution >= 0.6 is 35.7 Å². The fourth-order valence-electron chi connectivity index (χ4n) is 3.59. The molecule has 1 fully saturated rings. The summed E-state index contributed by atoms with van der Waals surface area (Å²) in [5.41, 5.74) is 1.84. The predicted octanol–water partition coefficient (Wildman–Crippen LogP) is 5.29. The summed E-state index contributed by atoms with van der Waals surface area (Å²) in [4.78, 5) is 34.3. The molecule has 0 unspecified atom stereocenters. The Bertz CT molecular complexity index is 1470. The van der Waals surface area contributed by atoms with E-state index in [0.29, 0.717) is 38.4 Å². The van der Waals surface area contributed by atoms with Gasteiger partial charge in [-0.15, -0.1) is 0 Å². The van der Waals surface area contributed by atoms with Crippen LogP contribution in [0.2, 0.25) is 0 Å². The molecule has 2 aromatic heterocycles. The van der Waals surface area contributed by atoms with Crippen molar-refractivity contribution in [2.45, 2.75) is 16.3 Å². The molecule has 1 saturated heterocycles. The number of aromatic nitrogens is 2. The van der Waals surface area contributed by atoms with Crippen molar-refractivity contribution in [2.24, 2.45) is 0 Å². The third-order valence-corrected chi connectivity index (χ3v) is 7.70. The summed E-state index contributed by atoms with van der Waals surface area (Å²) in [6.07, 6.45) is 4.03. The lowest BCUT2D eigenvalue weighted by Gasteiger charge is -2.14.